The highest BCUT2D eigenvalue weighted by atomic mass is 32.3. The molecule has 0 aliphatic rings. The molecule has 0 unspecified atom stereocenters. The van der Waals surface area contributed by atoms with E-state index in [-0.39, 0.29) is 28.3 Å². The molecule has 0 fully saturated rings. The monoisotopic (exact) mass is 472 g/mol. The zero-order chi connectivity index (χ0) is 20.6. The molecule has 0 N–H and O–H groups in total. The predicted octanol–water partition coefficient (Wildman–Crippen LogP) is 3.36. The van der Waals surface area contributed by atoms with Crippen LogP contribution in [0.5, 0.6) is 0 Å². The van der Waals surface area contributed by atoms with E-state index in [0.717, 1.165) is 12.1 Å². The SMILES string of the molecule is CCS(=O)(=O)c1cc([N+](=O)[O-])c(Sc2sc(S(=O)(=O)CC)cc2[N+](=O)[O-])s1. The molecular formula is C12H12N2O8S5. The van der Waals surface area contributed by atoms with E-state index in [1.807, 2.05) is 0 Å². The van der Waals surface area contributed by atoms with Crippen LogP contribution in [0.1, 0.15) is 13.8 Å². The van der Waals surface area contributed by atoms with E-state index in [4.69, 9.17) is 0 Å². The molecule has 148 valence electrons. The van der Waals surface area contributed by atoms with Crippen molar-refractivity contribution < 1.29 is 26.7 Å². The predicted molar refractivity (Wildman–Crippen MR) is 102 cm³/mol. The number of hydrogen-bond acceptors (Lipinski definition) is 11. The summed E-state index contributed by atoms with van der Waals surface area (Å²) >= 11 is 1.87. The van der Waals surface area contributed by atoms with Gasteiger partial charge in [-0.15, -0.1) is 22.7 Å². The van der Waals surface area contributed by atoms with Crippen molar-refractivity contribution in [3.8, 4) is 0 Å². The second kappa shape index (κ2) is 7.83. The zero-order valence-corrected chi connectivity index (χ0v) is 17.9. The quantitative estimate of drug-likeness (QED) is 0.415. The Balaban J connectivity index is 2.60. The van der Waals surface area contributed by atoms with Crippen LogP contribution in [0.2, 0.25) is 0 Å². The van der Waals surface area contributed by atoms with Crippen LogP contribution < -0.4 is 0 Å². The highest BCUT2D eigenvalue weighted by Crippen LogP contribution is 2.49. The third kappa shape index (κ3) is 4.48. The summed E-state index contributed by atoms with van der Waals surface area (Å²) in [6, 6.07) is 1.82. The summed E-state index contributed by atoms with van der Waals surface area (Å²) in [6.45, 7) is 2.78. The van der Waals surface area contributed by atoms with Crippen LogP contribution in [0.15, 0.2) is 29.0 Å². The van der Waals surface area contributed by atoms with Gasteiger partial charge in [-0.2, -0.15) is 0 Å². The fourth-order valence-electron chi connectivity index (χ4n) is 1.76. The topological polar surface area (TPSA) is 155 Å². The lowest BCUT2D eigenvalue weighted by Crippen LogP contribution is -2.00. The molecule has 0 spiro atoms. The average molecular weight is 473 g/mol. The Morgan fingerprint density at radius 3 is 1.44 bits per heavy atom. The largest absolute Gasteiger partial charge is 0.295 e. The number of nitrogens with zero attached hydrogens (tertiary/aromatic N) is 2. The van der Waals surface area contributed by atoms with E-state index in [2.05, 4.69) is 0 Å². The third-order valence-corrected chi connectivity index (χ3v) is 11.5. The first-order valence-corrected chi connectivity index (χ1v) is 12.9. The van der Waals surface area contributed by atoms with Crippen molar-refractivity contribution in [1.82, 2.24) is 0 Å². The van der Waals surface area contributed by atoms with Gasteiger partial charge in [0, 0.05) is 12.1 Å². The molecule has 10 nitrogen and oxygen atoms in total. The third-order valence-electron chi connectivity index (χ3n) is 3.27. The van der Waals surface area contributed by atoms with Crippen molar-refractivity contribution in [3.63, 3.8) is 0 Å². The van der Waals surface area contributed by atoms with Crippen LogP contribution in [-0.4, -0.2) is 38.2 Å². The van der Waals surface area contributed by atoms with E-state index in [1.165, 1.54) is 13.8 Å². The Kier molecular flexibility index (Phi) is 6.30. The van der Waals surface area contributed by atoms with Crippen LogP contribution in [0.4, 0.5) is 11.4 Å². The Morgan fingerprint density at radius 2 is 1.19 bits per heavy atom. The Hall–Kier alpha value is -1.55. The van der Waals surface area contributed by atoms with E-state index in [0.29, 0.717) is 34.4 Å². The van der Waals surface area contributed by atoms with Crippen molar-refractivity contribution in [2.24, 2.45) is 0 Å². The van der Waals surface area contributed by atoms with Crippen molar-refractivity contribution in [1.29, 1.82) is 0 Å². The summed E-state index contributed by atoms with van der Waals surface area (Å²) in [6.07, 6.45) is 0. The molecule has 0 aromatic carbocycles. The molecule has 0 bridgehead atoms. The van der Waals surface area contributed by atoms with Gasteiger partial charge >= 0.3 is 0 Å². The van der Waals surface area contributed by atoms with Gasteiger partial charge in [0.05, 0.1) is 21.4 Å². The van der Waals surface area contributed by atoms with Gasteiger partial charge in [0.15, 0.2) is 19.7 Å². The Morgan fingerprint density at radius 1 is 0.852 bits per heavy atom. The molecule has 2 heterocycles. The summed E-state index contributed by atoms with van der Waals surface area (Å²) in [7, 11) is -7.40. The maximum absolute atomic E-state index is 12.0. The van der Waals surface area contributed by atoms with Crippen molar-refractivity contribution >= 4 is 65.5 Å². The van der Waals surface area contributed by atoms with Crippen LogP contribution >= 0.6 is 34.4 Å². The van der Waals surface area contributed by atoms with Gasteiger partial charge in [0.25, 0.3) is 11.4 Å². The minimum atomic E-state index is -3.70. The van der Waals surface area contributed by atoms with Gasteiger partial charge in [-0.25, -0.2) is 16.8 Å². The molecule has 0 saturated heterocycles. The molecule has 2 aromatic heterocycles. The van der Waals surface area contributed by atoms with E-state index < -0.39 is 40.9 Å². The van der Waals surface area contributed by atoms with Gasteiger partial charge in [-0.05, 0) is 0 Å². The number of nitro groups is 2. The summed E-state index contributed by atoms with van der Waals surface area (Å²) < 4.78 is 47.4. The van der Waals surface area contributed by atoms with Crippen molar-refractivity contribution in [2.75, 3.05) is 11.5 Å². The van der Waals surface area contributed by atoms with E-state index in [1.54, 1.807) is 0 Å². The summed E-state index contributed by atoms with van der Waals surface area (Å²) in [5.74, 6) is -0.514. The second-order valence-electron chi connectivity index (χ2n) is 4.90. The number of rotatable bonds is 8. The van der Waals surface area contributed by atoms with Crippen molar-refractivity contribution in [2.45, 2.75) is 30.7 Å². The molecule has 0 amide bonds. The van der Waals surface area contributed by atoms with Gasteiger partial charge in [0.2, 0.25) is 0 Å². The smallest absolute Gasteiger partial charge is 0.258 e. The zero-order valence-electron chi connectivity index (χ0n) is 13.8. The average Bonchev–Trinajstić information content (AvgIpc) is 3.20. The molecule has 15 heteroatoms. The van der Waals surface area contributed by atoms with Gasteiger partial charge in [-0.1, -0.05) is 25.6 Å². The summed E-state index contributed by atoms with van der Waals surface area (Å²) in [5, 5.41) is 22.5. The lowest BCUT2D eigenvalue weighted by atomic mass is 10.5. The molecule has 2 aromatic rings. The molecule has 27 heavy (non-hydrogen) atoms. The number of sulfone groups is 2. The Bertz CT molecular complexity index is 1020. The van der Waals surface area contributed by atoms with E-state index >= 15 is 0 Å². The molecular weight excluding hydrogens is 460 g/mol. The van der Waals surface area contributed by atoms with Crippen LogP contribution in [-0.2, 0) is 19.7 Å². The number of hydrogen-bond donors (Lipinski definition) is 0. The minimum Gasteiger partial charge on any atom is -0.258 e. The summed E-state index contributed by atoms with van der Waals surface area (Å²) in [5.41, 5.74) is -1.00. The second-order valence-corrected chi connectivity index (χ2v) is 13.6. The Labute approximate surface area is 166 Å². The number of thiophene rings is 2. The first-order chi connectivity index (χ1) is 12.4. The fraction of sp³-hybridized carbons (Fsp3) is 0.333. The summed E-state index contributed by atoms with van der Waals surface area (Å²) in [4.78, 5) is 20.9. The van der Waals surface area contributed by atoms with Crippen LogP contribution in [0.3, 0.4) is 0 Å². The standard InChI is InChI=1S/C12H12N2O8S5/c1-3-26(19,20)9-5-7(13(15)16)11(23-9)25-12-8(14(17)18)6-10(24-12)27(21,22)4-2/h5-6H,3-4H2,1-2H3. The minimum absolute atomic E-state index is 0.0718. The maximum atomic E-state index is 12.0. The highest BCUT2D eigenvalue weighted by Gasteiger charge is 2.31. The highest BCUT2D eigenvalue weighted by molar-refractivity contribution is 8.04. The molecule has 0 saturated carbocycles. The lowest BCUT2D eigenvalue weighted by molar-refractivity contribution is -0.387. The van der Waals surface area contributed by atoms with E-state index in [9.17, 15) is 37.1 Å². The first kappa shape index (κ1) is 21.7. The molecule has 0 radical (unpaired) electrons. The normalized spacial score (nSPS) is 12.2. The fourth-order valence-corrected chi connectivity index (χ4v) is 8.81. The van der Waals surface area contributed by atoms with Crippen LogP contribution in [0, 0.1) is 20.2 Å². The van der Waals surface area contributed by atoms with Crippen molar-refractivity contribution in [3.05, 3.63) is 32.4 Å². The van der Waals surface area contributed by atoms with Crippen LogP contribution in [0.25, 0.3) is 0 Å². The first-order valence-electron chi connectivity index (χ1n) is 7.12. The van der Waals surface area contributed by atoms with Gasteiger partial charge < -0.3 is 0 Å². The molecule has 0 atom stereocenters. The maximum Gasteiger partial charge on any atom is 0.295 e. The van der Waals surface area contributed by atoms with Gasteiger partial charge in [0.1, 0.15) is 16.8 Å². The molecule has 0 aliphatic carbocycles. The van der Waals surface area contributed by atoms with Gasteiger partial charge in [-0.3, -0.25) is 20.2 Å². The molecule has 2 rings (SSSR count). The lowest BCUT2D eigenvalue weighted by Gasteiger charge is -1.96. The molecule has 0 aliphatic heterocycles.